The highest BCUT2D eigenvalue weighted by Crippen LogP contribution is 2.31. The van der Waals surface area contributed by atoms with Crippen molar-refractivity contribution < 1.29 is 0 Å². The molecular formula is C17H15N. The molecule has 0 saturated heterocycles. The molecule has 0 radical (unpaired) electrons. The van der Waals surface area contributed by atoms with Crippen LogP contribution in [0.3, 0.4) is 0 Å². The Morgan fingerprint density at radius 1 is 0.944 bits per heavy atom. The van der Waals surface area contributed by atoms with E-state index < -0.39 is 0 Å². The summed E-state index contributed by atoms with van der Waals surface area (Å²) in [6.07, 6.45) is 4.09. The Kier molecular flexibility index (Phi) is 2.73. The SMILES string of the molecule is C=CC(c1ccccc1)c1c[nH]c2ccccc12. The number of H-pyrrole nitrogens is 1. The predicted octanol–water partition coefficient (Wildman–Crippen LogP) is 4.49. The number of para-hydroxylation sites is 1. The number of hydrogen-bond donors (Lipinski definition) is 1. The predicted molar refractivity (Wildman–Crippen MR) is 76.8 cm³/mol. The maximum absolute atomic E-state index is 3.99. The summed E-state index contributed by atoms with van der Waals surface area (Å²) in [7, 11) is 0. The van der Waals surface area contributed by atoms with Gasteiger partial charge in [-0.1, -0.05) is 54.6 Å². The summed E-state index contributed by atoms with van der Waals surface area (Å²) < 4.78 is 0. The van der Waals surface area contributed by atoms with E-state index in [-0.39, 0.29) is 5.92 Å². The van der Waals surface area contributed by atoms with E-state index in [1.165, 1.54) is 22.0 Å². The van der Waals surface area contributed by atoms with Crippen molar-refractivity contribution in [1.29, 1.82) is 0 Å². The summed E-state index contributed by atoms with van der Waals surface area (Å²) in [4.78, 5) is 3.32. The molecule has 1 nitrogen and oxygen atoms in total. The van der Waals surface area contributed by atoms with E-state index in [1.54, 1.807) is 0 Å². The molecular weight excluding hydrogens is 218 g/mol. The zero-order chi connectivity index (χ0) is 12.4. The van der Waals surface area contributed by atoms with Crippen LogP contribution in [0.15, 0.2) is 73.4 Å². The molecule has 2 aromatic carbocycles. The van der Waals surface area contributed by atoms with Crippen molar-refractivity contribution in [3.8, 4) is 0 Å². The van der Waals surface area contributed by atoms with E-state index >= 15 is 0 Å². The standard InChI is InChI=1S/C17H15N/c1-2-14(13-8-4-3-5-9-13)16-12-18-17-11-7-6-10-15(16)17/h2-12,14,18H,1H2. The Morgan fingerprint density at radius 2 is 1.67 bits per heavy atom. The van der Waals surface area contributed by atoms with E-state index in [2.05, 4.69) is 60.2 Å². The van der Waals surface area contributed by atoms with Gasteiger partial charge in [0.2, 0.25) is 0 Å². The van der Waals surface area contributed by atoms with Gasteiger partial charge in [-0.3, -0.25) is 0 Å². The lowest BCUT2D eigenvalue weighted by Gasteiger charge is -2.12. The first-order valence-corrected chi connectivity index (χ1v) is 6.13. The smallest absolute Gasteiger partial charge is 0.0457 e. The van der Waals surface area contributed by atoms with Crippen molar-refractivity contribution in [3.63, 3.8) is 0 Å². The van der Waals surface area contributed by atoms with Gasteiger partial charge in [0.25, 0.3) is 0 Å². The van der Waals surface area contributed by atoms with Crippen LogP contribution in [0.1, 0.15) is 17.0 Å². The molecule has 1 aromatic heterocycles. The van der Waals surface area contributed by atoms with Crippen molar-refractivity contribution in [2.45, 2.75) is 5.92 Å². The van der Waals surface area contributed by atoms with Gasteiger partial charge in [-0.05, 0) is 17.2 Å². The molecule has 1 heterocycles. The Balaban J connectivity index is 2.15. The zero-order valence-corrected chi connectivity index (χ0v) is 10.1. The Hall–Kier alpha value is -2.28. The third-order valence-corrected chi connectivity index (χ3v) is 3.35. The molecule has 1 unspecified atom stereocenters. The number of allylic oxidation sites excluding steroid dienone is 1. The molecule has 1 atom stereocenters. The number of benzene rings is 2. The average molecular weight is 233 g/mol. The summed E-state index contributed by atoms with van der Waals surface area (Å²) in [5.41, 5.74) is 3.74. The normalized spacial score (nSPS) is 12.4. The van der Waals surface area contributed by atoms with Gasteiger partial charge in [-0.15, -0.1) is 6.58 Å². The Bertz CT molecular complexity index is 664. The third-order valence-electron chi connectivity index (χ3n) is 3.35. The van der Waals surface area contributed by atoms with Crippen LogP contribution in [0.25, 0.3) is 10.9 Å². The Labute approximate surface area is 107 Å². The third kappa shape index (κ3) is 1.74. The largest absolute Gasteiger partial charge is 0.361 e. The van der Waals surface area contributed by atoms with Crippen LogP contribution in [0.5, 0.6) is 0 Å². The van der Waals surface area contributed by atoms with Crippen LogP contribution in [0.2, 0.25) is 0 Å². The van der Waals surface area contributed by atoms with E-state index in [0.717, 1.165) is 0 Å². The van der Waals surface area contributed by atoms with Crippen LogP contribution in [-0.2, 0) is 0 Å². The van der Waals surface area contributed by atoms with Crippen molar-refractivity contribution >= 4 is 10.9 Å². The van der Waals surface area contributed by atoms with Crippen molar-refractivity contribution in [3.05, 3.63) is 84.6 Å². The first kappa shape index (κ1) is 10.8. The van der Waals surface area contributed by atoms with Gasteiger partial charge < -0.3 is 4.98 Å². The van der Waals surface area contributed by atoms with Gasteiger partial charge in [-0.2, -0.15) is 0 Å². The minimum Gasteiger partial charge on any atom is -0.361 e. The number of nitrogens with one attached hydrogen (secondary N) is 1. The topological polar surface area (TPSA) is 15.8 Å². The maximum Gasteiger partial charge on any atom is 0.0457 e. The number of rotatable bonds is 3. The van der Waals surface area contributed by atoms with Gasteiger partial charge in [0, 0.05) is 23.0 Å². The highest BCUT2D eigenvalue weighted by molar-refractivity contribution is 5.84. The van der Waals surface area contributed by atoms with Crippen LogP contribution >= 0.6 is 0 Å². The number of fused-ring (bicyclic) bond motifs is 1. The molecule has 3 rings (SSSR count). The van der Waals surface area contributed by atoms with E-state index in [9.17, 15) is 0 Å². The minimum absolute atomic E-state index is 0.238. The molecule has 0 aliphatic heterocycles. The molecule has 1 N–H and O–H groups in total. The number of hydrogen-bond acceptors (Lipinski definition) is 0. The summed E-state index contributed by atoms with van der Waals surface area (Å²) in [6, 6.07) is 18.9. The summed E-state index contributed by atoms with van der Waals surface area (Å²) in [5.74, 6) is 0.238. The van der Waals surface area contributed by atoms with Gasteiger partial charge >= 0.3 is 0 Å². The monoisotopic (exact) mass is 233 g/mol. The summed E-state index contributed by atoms with van der Waals surface area (Å²) in [6.45, 7) is 3.99. The lowest BCUT2D eigenvalue weighted by atomic mass is 9.91. The van der Waals surface area contributed by atoms with Crippen LogP contribution in [-0.4, -0.2) is 4.98 Å². The van der Waals surface area contributed by atoms with Crippen molar-refractivity contribution in [2.75, 3.05) is 0 Å². The zero-order valence-electron chi connectivity index (χ0n) is 10.1. The first-order valence-electron chi connectivity index (χ1n) is 6.13. The molecule has 0 aliphatic carbocycles. The second kappa shape index (κ2) is 4.53. The molecule has 0 spiro atoms. The average Bonchev–Trinajstić information content (AvgIpc) is 2.85. The molecule has 0 fully saturated rings. The van der Waals surface area contributed by atoms with Crippen molar-refractivity contribution in [2.24, 2.45) is 0 Å². The second-order valence-electron chi connectivity index (χ2n) is 4.41. The fourth-order valence-electron chi connectivity index (χ4n) is 2.45. The lowest BCUT2D eigenvalue weighted by molar-refractivity contribution is 1.04. The summed E-state index contributed by atoms with van der Waals surface area (Å²) >= 11 is 0. The van der Waals surface area contributed by atoms with Gasteiger partial charge in [0.05, 0.1) is 0 Å². The number of aromatic nitrogens is 1. The van der Waals surface area contributed by atoms with Crippen LogP contribution in [0.4, 0.5) is 0 Å². The Morgan fingerprint density at radius 3 is 2.44 bits per heavy atom. The fraction of sp³-hybridized carbons (Fsp3) is 0.0588. The fourth-order valence-corrected chi connectivity index (χ4v) is 2.45. The van der Waals surface area contributed by atoms with E-state index in [1.807, 2.05) is 18.2 Å². The molecule has 18 heavy (non-hydrogen) atoms. The van der Waals surface area contributed by atoms with Crippen LogP contribution < -0.4 is 0 Å². The minimum atomic E-state index is 0.238. The highest BCUT2D eigenvalue weighted by Gasteiger charge is 2.13. The number of aromatic amines is 1. The maximum atomic E-state index is 3.99. The molecule has 0 saturated carbocycles. The van der Waals surface area contributed by atoms with Gasteiger partial charge in [0.1, 0.15) is 0 Å². The molecule has 1 heteroatoms. The molecule has 88 valence electrons. The van der Waals surface area contributed by atoms with Gasteiger partial charge in [0.15, 0.2) is 0 Å². The lowest BCUT2D eigenvalue weighted by Crippen LogP contribution is -1.95. The van der Waals surface area contributed by atoms with Crippen molar-refractivity contribution in [1.82, 2.24) is 4.98 Å². The highest BCUT2D eigenvalue weighted by atomic mass is 14.7. The molecule has 0 aliphatic rings. The van der Waals surface area contributed by atoms with E-state index in [0.29, 0.717) is 0 Å². The van der Waals surface area contributed by atoms with E-state index in [4.69, 9.17) is 0 Å². The van der Waals surface area contributed by atoms with Gasteiger partial charge in [-0.25, -0.2) is 0 Å². The molecule has 0 amide bonds. The molecule has 0 bridgehead atoms. The summed E-state index contributed by atoms with van der Waals surface area (Å²) in [5, 5.41) is 1.27. The quantitative estimate of drug-likeness (QED) is 0.642. The second-order valence-corrected chi connectivity index (χ2v) is 4.41. The molecule has 3 aromatic rings. The van der Waals surface area contributed by atoms with Crippen LogP contribution in [0, 0.1) is 0 Å². The first-order chi connectivity index (χ1) is 8.90.